The maximum atomic E-state index is 11.8. The van der Waals surface area contributed by atoms with Crippen molar-refractivity contribution >= 4 is 5.91 Å². The second kappa shape index (κ2) is 5.77. The number of carbonyl (C=O) groups is 1. The van der Waals surface area contributed by atoms with Gasteiger partial charge in [-0.25, -0.2) is 4.98 Å². The van der Waals surface area contributed by atoms with Gasteiger partial charge in [0.05, 0.1) is 0 Å². The van der Waals surface area contributed by atoms with Gasteiger partial charge in [0.25, 0.3) is 5.91 Å². The van der Waals surface area contributed by atoms with Crippen LogP contribution >= 0.6 is 0 Å². The first kappa shape index (κ1) is 12.0. The van der Waals surface area contributed by atoms with Crippen LogP contribution in [0.3, 0.4) is 0 Å². The highest BCUT2D eigenvalue weighted by atomic mass is 16.1. The number of pyridine rings is 1. The fourth-order valence-electron chi connectivity index (χ4n) is 2.12. The number of hydrogen-bond acceptors (Lipinski definition) is 3. The first-order valence-corrected chi connectivity index (χ1v) is 6.21. The van der Waals surface area contributed by atoms with E-state index in [4.69, 9.17) is 0 Å². The molecule has 92 valence electrons. The van der Waals surface area contributed by atoms with Crippen molar-refractivity contribution in [2.45, 2.75) is 32.2 Å². The van der Waals surface area contributed by atoms with E-state index in [1.54, 1.807) is 6.07 Å². The Kier molecular flexibility index (Phi) is 4.09. The molecule has 0 spiro atoms. The quantitative estimate of drug-likeness (QED) is 0.823. The Labute approximate surface area is 102 Å². The maximum Gasteiger partial charge on any atom is 0.269 e. The van der Waals surface area contributed by atoms with E-state index in [1.165, 1.54) is 12.8 Å². The smallest absolute Gasteiger partial charge is 0.269 e. The standard InChI is InChI=1S/C13H19N3O/c1-10-4-2-6-12(16-10)13(17)15-9-7-11-5-3-8-14-11/h2,4,6,11,14H,3,5,7-9H2,1H3,(H,15,17)/t11-/m0/s1. The Hall–Kier alpha value is -1.42. The Balaban J connectivity index is 1.77. The third-order valence-corrected chi connectivity index (χ3v) is 3.06. The normalized spacial score (nSPS) is 19.2. The molecule has 1 aliphatic heterocycles. The van der Waals surface area contributed by atoms with E-state index in [0.29, 0.717) is 18.3 Å². The van der Waals surface area contributed by atoms with Crippen LogP contribution in [-0.4, -0.2) is 30.0 Å². The van der Waals surface area contributed by atoms with E-state index in [9.17, 15) is 4.79 Å². The molecule has 1 aliphatic rings. The summed E-state index contributed by atoms with van der Waals surface area (Å²) >= 11 is 0. The van der Waals surface area contributed by atoms with Crippen molar-refractivity contribution in [3.63, 3.8) is 0 Å². The highest BCUT2D eigenvalue weighted by Crippen LogP contribution is 2.07. The van der Waals surface area contributed by atoms with Gasteiger partial charge in [-0.1, -0.05) is 6.07 Å². The minimum atomic E-state index is -0.0771. The summed E-state index contributed by atoms with van der Waals surface area (Å²) in [6.45, 7) is 3.71. The average molecular weight is 233 g/mol. The van der Waals surface area contributed by atoms with E-state index >= 15 is 0 Å². The third kappa shape index (κ3) is 3.53. The van der Waals surface area contributed by atoms with E-state index in [1.807, 2.05) is 19.1 Å². The zero-order valence-electron chi connectivity index (χ0n) is 10.2. The molecule has 17 heavy (non-hydrogen) atoms. The minimum absolute atomic E-state index is 0.0771. The number of aromatic nitrogens is 1. The lowest BCUT2D eigenvalue weighted by molar-refractivity contribution is 0.0947. The van der Waals surface area contributed by atoms with Gasteiger partial charge < -0.3 is 10.6 Å². The fraction of sp³-hybridized carbons (Fsp3) is 0.538. The molecule has 1 aromatic heterocycles. The Morgan fingerprint density at radius 1 is 1.59 bits per heavy atom. The first-order valence-electron chi connectivity index (χ1n) is 6.21. The van der Waals surface area contributed by atoms with Gasteiger partial charge in [-0.2, -0.15) is 0 Å². The SMILES string of the molecule is Cc1cccc(C(=O)NCC[C@@H]2CCCN2)n1. The van der Waals surface area contributed by atoms with Gasteiger partial charge in [0.15, 0.2) is 0 Å². The summed E-state index contributed by atoms with van der Waals surface area (Å²) in [6.07, 6.45) is 3.47. The summed E-state index contributed by atoms with van der Waals surface area (Å²) in [5, 5.41) is 6.32. The molecule has 1 atom stereocenters. The van der Waals surface area contributed by atoms with Crippen molar-refractivity contribution in [2.24, 2.45) is 0 Å². The molecular formula is C13H19N3O. The summed E-state index contributed by atoms with van der Waals surface area (Å²) in [5.41, 5.74) is 1.37. The zero-order valence-corrected chi connectivity index (χ0v) is 10.2. The topological polar surface area (TPSA) is 54.0 Å². The molecule has 2 rings (SSSR count). The van der Waals surface area contributed by atoms with E-state index in [0.717, 1.165) is 18.7 Å². The molecule has 1 saturated heterocycles. The first-order chi connectivity index (χ1) is 8.25. The minimum Gasteiger partial charge on any atom is -0.351 e. The highest BCUT2D eigenvalue weighted by Gasteiger charge is 2.14. The van der Waals surface area contributed by atoms with Crippen molar-refractivity contribution in [3.8, 4) is 0 Å². The predicted molar refractivity (Wildman–Crippen MR) is 66.9 cm³/mol. The monoisotopic (exact) mass is 233 g/mol. The highest BCUT2D eigenvalue weighted by molar-refractivity contribution is 5.92. The van der Waals surface area contributed by atoms with Gasteiger partial charge in [-0.3, -0.25) is 4.79 Å². The second-order valence-corrected chi connectivity index (χ2v) is 4.50. The fourth-order valence-corrected chi connectivity index (χ4v) is 2.12. The Bertz CT molecular complexity index is 386. The van der Waals surface area contributed by atoms with Crippen LogP contribution in [0.25, 0.3) is 0 Å². The second-order valence-electron chi connectivity index (χ2n) is 4.50. The van der Waals surface area contributed by atoms with Crippen LogP contribution in [0, 0.1) is 6.92 Å². The van der Waals surface area contributed by atoms with Crippen molar-refractivity contribution in [1.29, 1.82) is 0 Å². The van der Waals surface area contributed by atoms with Crippen molar-refractivity contribution < 1.29 is 4.79 Å². The van der Waals surface area contributed by atoms with Crippen LogP contribution in [0.15, 0.2) is 18.2 Å². The number of amides is 1. The predicted octanol–water partition coefficient (Wildman–Crippen LogP) is 1.26. The number of nitrogens with zero attached hydrogens (tertiary/aromatic N) is 1. The summed E-state index contributed by atoms with van der Waals surface area (Å²) < 4.78 is 0. The molecule has 1 aromatic rings. The molecule has 1 fully saturated rings. The Morgan fingerprint density at radius 2 is 2.47 bits per heavy atom. The number of aryl methyl sites for hydroxylation is 1. The molecule has 2 N–H and O–H groups in total. The molecular weight excluding hydrogens is 214 g/mol. The van der Waals surface area contributed by atoms with Gasteiger partial charge >= 0.3 is 0 Å². The molecule has 0 aliphatic carbocycles. The number of hydrogen-bond donors (Lipinski definition) is 2. The molecule has 0 aromatic carbocycles. The van der Waals surface area contributed by atoms with Gasteiger partial charge in [-0.05, 0) is 44.9 Å². The molecule has 1 amide bonds. The third-order valence-electron chi connectivity index (χ3n) is 3.06. The van der Waals surface area contributed by atoms with E-state index < -0.39 is 0 Å². The van der Waals surface area contributed by atoms with Crippen molar-refractivity contribution in [1.82, 2.24) is 15.6 Å². The average Bonchev–Trinajstić information content (AvgIpc) is 2.82. The van der Waals surface area contributed by atoms with Crippen LogP contribution in [0.2, 0.25) is 0 Å². The largest absolute Gasteiger partial charge is 0.351 e. The molecule has 4 heteroatoms. The Morgan fingerprint density at radius 3 is 3.18 bits per heavy atom. The summed E-state index contributed by atoms with van der Waals surface area (Å²) in [7, 11) is 0. The summed E-state index contributed by atoms with van der Waals surface area (Å²) in [6, 6.07) is 6.06. The molecule has 2 heterocycles. The van der Waals surface area contributed by atoms with Crippen LogP contribution in [0.5, 0.6) is 0 Å². The molecule has 4 nitrogen and oxygen atoms in total. The number of carbonyl (C=O) groups excluding carboxylic acids is 1. The van der Waals surface area contributed by atoms with Crippen LogP contribution in [0.4, 0.5) is 0 Å². The number of nitrogens with one attached hydrogen (secondary N) is 2. The van der Waals surface area contributed by atoms with Crippen LogP contribution < -0.4 is 10.6 Å². The van der Waals surface area contributed by atoms with Gasteiger partial charge in [-0.15, -0.1) is 0 Å². The van der Waals surface area contributed by atoms with Gasteiger partial charge in [0.1, 0.15) is 5.69 Å². The molecule has 0 radical (unpaired) electrons. The zero-order chi connectivity index (χ0) is 12.1. The summed E-state index contributed by atoms with van der Waals surface area (Å²) in [5.74, 6) is -0.0771. The van der Waals surface area contributed by atoms with Gasteiger partial charge in [0, 0.05) is 18.3 Å². The van der Waals surface area contributed by atoms with E-state index in [2.05, 4.69) is 15.6 Å². The molecule has 0 saturated carbocycles. The molecule has 0 bridgehead atoms. The van der Waals surface area contributed by atoms with E-state index in [-0.39, 0.29) is 5.91 Å². The van der Waals surface area contributed by atoms with Gasteiger partial charge in [0.2, 0.25) is 0 Å². The number of rotatable bonds is 4. The van der Waals surface area contributed by atoms with Crippen LogP contribution in [-0.2, 0) is 0 Å². The maximum absolute atomic E-state index is 11.8. The lowest BCUT2D eigenvalue weighted by Crippen LogP contribution is -2.31. The van der Waals surface area contributed by atoms with Crippen LogP contribution in [0.1, 0.15) is 35.4 Å². The van der Waals surface area contributed by atoms with Crippen molar-refractivity contribution in [2.75, 3.05) is 13.1 Å². The lowest BCUT2D eigenvalue weighted by Gasteiger charge is -2.10. The van der Waals surface area contributed by atoms with Crippen molar-refractivity contribution in [3.05, 3.63) is 29.6 Å². The summed E-state index contributed by atoms with van der Waals surface area (Å²) in [4.78, 5) is 16.0. The molecule has 0 unspecified atom stereocenters. The lowest BCUT2D eigenvalue weighted by atomic mass is 10.1.